The Morgan fingerprint density at radius 3 is 0.936 bits per heavy atom. The summed E-state index contributed by atoms with van der Waals surface area (Å²) in [4.78, 5) is 40.9. The highest BCUT2D eigenvalue weighted by Gasteiger charge is 2.31. The molecule has 0 bridgehead atoms. The summed E-state index contributed by atoms with van der Waals surface area (Å²) in [6, 6.07) is 50.3. The molecule has 0 aliphatic rings. The van der Waals surface area contributed by atoms with E-state index in [9.17, 15) is 0 Å². The Kier molecular flexibility index (Phi) is 7.12. The Hall–Kier alpha value is -10.3. The van der Waals surface area contributed by atoms with E-state index in [-0.39, 0.29) is 11.1 Å². The zero-order chi connectivity index (χ0) is 51.5. The normalized spacial score (nSPS) is 13.0. The molecular weight excluding hydrogens is 969 g/mol. The van der Waals surface area contributed by atoms with Crippen LogP contribution in [0.15, 0.2) is 155 Å². The van der Waals surface area contributed by atoms with Crippen molar-refractivity contribution in [2.45, 2.75) is 0 Å². The van der Waals surface area contributed by atoms with E-state index in [2.05, 4.69) is 84.9 Å². The molecule has 364 valence electrons. The third kappa shape index (κ3) is 4.41. The van der Waals surface area contributed by atoms with Crippen LogP contribution in [0.25, 0.3) is 184 Å². The molecule has 0 radical (unpaired) electrons. The van der Waals surface area contributed by atoms with Gasteiger partial charge >= 0.3 is 0 Å². The monoisotopic (exact) mass is 1000 g/mol. The van der Waals surface area contributed by atoms with Gasteiger partial charge in [-0.15, -0.1) is 0 Å². The number of pyridine rings is 2. The molecule has 0 saturated carbocycles. The lowest BCUT2D eigenvalue weighted by molar-refractivity contribution is 0.419. The molecule has 10 nitrogen and oxygen atoms in total. The SMILES string of the molecule is COc1cc2c(=O)n3c4cccc5cccc(nc3c3cc(OC)c6c7ccc8c9ccc%10c%11c(OC)cc%12c%13c(cc(OC)c(c%14ccc(c%15ccc(c1c6c23)c7c%158)c9c%14%10)c%11%13)c(=O)n1c2cccc3cccc(nc%121)c32)c54. The van der Waals surface area contributed by atoms with Gasteiger partial charge in [0.2, 0.25) is 0 Å². The fourth-order valence-corrected chi connectivity index (χ4v) is 15.0. The van der Waals surface area contributed by atoms with Crippen molar-refractivity contribution in [3.63, 3.8) is 0 Å². The van der Waals surface area contributed by atoms with E-state index in [1.165, 1.54) is 0 Å². The first kappa shape index (κ1) is 41.0. The Morgan fingerprint density at radius 1 is 0.295 bits per heavy atom. The van der Waals surface area contributed by atoms with Gasteiger partial charge in [-0.25, -0.2) is 9.97 Å². The smallest absolute Gasteiger partial charge is 0.264 e. The van der Waals surface area contributed by atoms with Crippen LogP contribution >= 0.6 is 0 Å². The van der Waals surface area contributed by atoms with E-state index in [4.69, 9.17) is 28.9 Å². The van der Waals surface area contributed by atoms with E-state index in [0.717, 1.165) is 162 Å². The largest absolute Gasteiger partial charge is 0.496 e. The van der Waals surface area contributed by atoms with Gasteiger partial charge in [0, 0.05) is 64.6 Å². The molecule has 0 unspecified atom stereocenters. The molecule has 78 heavy (non-hydrogen) atoms. The summed E-state index contributed by atoms with van der Waals surface area (Å²) >= 11 is 0. The number of hydrogen-bond donors (Lipinski definition) is 0. The summed E-state index contributed by atoms with van der Waals surface area (Å²) in [5, 5.41) is 26.8. The van der Waals surface area contributed by atoms with Crippen molar-refractivity contribution in [2.24, 2.45) is 0 Å². The van der Waals surface area contributed by atoms with Crippen LogP contribution in [-0.4, -0.2) is 47.2 Å². The molecule has 15 aromatic carbocycles. The first-order valence-electron chi connectivity index (χ1n) is 26.0. The molecule has 19 aromatic rings. The molecule has 0 atom stereocenters. The van der Waals surface area contributed by atoms with Crippen LogP contribution in [0.4, 0.5) is 0 Å². The number of rotatable bonds is 4. The summed E-state index contributed by atoms with van der Waals surface area (Å²) in [7, 11) is 6.82. The van der Waals surface area contributed by atoms with Crippen molar-refractivity contribution in [3.8, 4) is 23.0 Å². The van der Waals surface area contributed by atoms with E-state index in [1.54, 1.807) is 37.2 Å². The summed E-state index contributed by atoms with van der Waals surface area (Å²) in [6.45, 7) is 0. The van der Waals surface area contributed by atoms with Crippen molar-refractivity contribution in [3.05, 3.63) is 166 Å². The molecule has 0 N–H and O–H groups in total. The van der Waals surface area contributed by atoms with Crippen molar-refractivity contribution < 1.29 is 18.9 Å². The van der Waals surface area contributed by atoms with Crippen LogP contribution in [0.1, 0.15) is 0 Å². The maximum absolute atomic E-state index is 15.2. The quantitative estimate of drug-likeness (QED) is 0.127. The summed E-state index contributed by atoms with van der Waals surface area (Å²) in [5.41, 5.74) is 4.09. The maximum Gasteiger partial charge on any atom is 0.264 e. The second kappa shape index (κ2) is 13.6. The third-order valence-electron chi connectivity index (χ3n) is 18.0. The van der Waals surface area contributed by atoms with Gasteiger partial charge in [0.1, 0.15) is 34.3 Å². The molecule has 0 spiro atoms. The number of benzene rings is 15. The van der Waals surface area contributed by atoms with E-state index < -0.39 is 0 Å². The van der Waals surface area contributed by atoms with Gasteiger partial charge in [-0.2, -0.15) is 0 Å². The fourth-order valence-electron chi connectivity index (χ4n) is 15.0. The first-order chi connectivity index (χ1) is 38.4. The molecule has 0 amide bonds. The fraction of sp³-hybridized carbons (Fsp3) is 0.0588. The van der Waals surface area contributed by atoms with Gasteiger partial charge in [0.05, 0.1) is 61.3 Å². The number of ether oxygens (including phenoxy) is 4. The molecule has 0 aliphatic heterocycles. The third-order valence-corrected chi connectivity index (χ3v) is 18.0. The van der Waals surface area contributed by atoms with Gasteiger partial charge in [-0.1, -0.05) is 97.1 Å². The van der Waals surface area contributed by atoms with E-state index >= 15 is 9.59 Å². The molecule has 4 heterocycles. The Balaban J connectivity index is 0.962. The van der Waals surface area contributed by atoms with E-state index in [0.29, 0.717) is 45.1 Å². The maximum atomic E-state index is 15.2. The van der Waals surface area contributed by atoms with Crippen LogP contribution in [-0.2, 0) is 0 Å². The minimum absolute atomic E-state index is 0.155. The number of nitrogens with zero attached hydrogens (tertiary/aromatic N) is 4. The number of hydrogen-bond acceptors (Lipinski definition) is 8. The van der Waals surface area contributed by atoms with Crippen LogP contribution < -0.4 is 30.1 Å². The standard InChI is InChI=1S/C68H36N4O6/c1-75-47-25-39-57-41(67(73)71-45-15-7-11-29-9-5-13-43(51(29)45)69-65(39)71)27-49(77-3)61-37-23-19-33-34-20-24-38-56-36(22-18-32(54(34)56)31-17-21-35(55(37)53(31)33)59(47)63(57)61)60-48(76-2)26-40-58-42(28-50(78-4)62(38)64(58)60)68(74)72-46-16-8-12-30-10-6-14-44(52(30)46)70-66(40)72/h5-28H,1-4H3. The zero-order valence-corrected chi connectivity index (χ0v) is 42.1. The predicted molar refractivity (Wildman–Crippen MR) is 319 cm³/mol. The van der Waals surface area contributed by atoms with Crippen molar-refractivity contribution in [1.29, 1.82) is 0 Å². The van der Waals surface area contributed by atoms with E-state index in [1.807, 2.05) is 60.7 Å². The predicted octanol–water partition coefficient (Wildman–Crippen LogP) is 15.4. The van der Waals surface area contributed by atoms with Crippen LogP contribution in [0.3, 0.4) is 0 Å². The lowest BCUT2D eigenvalue weighted by atomic mass is 9.80. The molecule has 10 heteroatoms. The number of aromatic nitrogens is 4. The van der Waals surface area contributed by atoms with Crippen LogP contribution in [0.2, 0.25) is 0 Å². The van der Waals surface area contributed by atoms with Crippen LogP contribution in [0.5, 0.6) is 23.0 Å². The highest BCUT2D eigenvalue weighted by atomic mass is 16.5. The van der Waals surface area contributed by atoms with Gasteiger partial charge in [-0.05, 0) is 124 Å². The van der Waals surface area contributed by atoms with Crippen molar-refractivity contribution >= 4 is 184 Å². The van der Waals surface area contributed by atoms with Crippen molar-refractivity contribution in [1.82, 2.24) is 18.8 Å². The average Bonchev–Trinajstić information content (AvgIpc) is 3.67. The molecule has 0 aliphatic carbocycles. The van der Waals surface area contributed by atoms with Gasteiger partial charge in [-0.3, -0.25) is 18.4 Å². The molecule has 0 saturated heterocycles. The highest BCUT2D eigenvalue weighted by molar-refractivity contribution is 6.49. The van der Waals surface area contributed by atoms with Gasteiger partial charge in [0.15, 0.2) is 0 Å². The van der Waals surface area contributed by atoms with Gasteiger partial charge < -0.3 is 18.9 Å². The van der Waals surface area contributed by atoms with Crippen LogP contribution in [0, 0.1) is 0 Å². The summed E-state index contributed by atoms with van der Waals surface area (Å²) in [5.74, 6) is 2.58. The minimum atomic E-state index is -0.155. The Labute approximate surface area is 437 Å². The molecule has 0 fully saturated rings. The number of methoxy groups -OCH3 is 4. The van der Waals surface area contributed by atoms with Gasteiger partial charge in [0.25, 0.3) is 11.1 Å². The highest BCUT2D eigenvalue weighted by Crippen LogP contribution is 2.56. The molecule has 19 rings (SSSR count). The zero-order valence-electron chi connectivity index (χ0n) is 42.1. The topological polar surface area (TPSA) is 106 Å². The first-order valence-corrected chi connectivity index (χ1v) is 26.0. The second-order valence-corrected chi connectivity index (χ2v) is 21.1. The minimum Gasteiger partial charge on any atom is -0.496 e. The van der Waals surface area contributed by atoms with Crippen molar-refractivity contribution in [2.75, 3.05) is 28.4 Å². The lowest BCUT2D eigenvalue weighted by Gasteiger charge is -2.24. The summed E-state index contributed by atoms with van der Waals surface area (Å²) < 4.78 is 29.2. The lowest BCUT2D eigenvalue weighted by Crippen LogP contribution is -2.17. The molecule has 4 aromatic heterocycles. The number of fused-ring (bicyclic) bond motifs is 12. The Bertz CT molecular complexity index is 5660. The average molecular weight is 1010 g/mol. The molecular formula is C68H36N4O6. The summed E-state index contributed by atoms with van der Waals surface area (Å²) in [6.07, 6.45) is 0. The second-order valence-electron chi connectivity index (χ2n) is 21.1. The Morgan fingerprint density at radius 2 is 0.590 bits per heavy atom.